The zero-order valence-electron chi connectivity index (χ0n) is 15.7. The highest BCUT2D eigenvalue weighted by Gasteiger charge is 2.25. The van der Waals surface area contributed by atoms with E-state index < -0.39 is 0 Å². The molecule has 3 heterocycles. The lowest BCUT2D eigenvalue weighted by Crippen LogP contribution is -2.33. The van der Waals surface area contributed by atoms with Crippen molar-refractivity contribution in [2.45, 2.75) is 38.6 Å². The first-order chi connectivity index (χ1) is 13.2. The average molecular weight is 381 g/mol. The fraction of sp³-hybridized carbons (Fsp3) is 0.364. The second-order valence-corrected chi connectivity index (χ2v) is 7.80. The number of nitrogens with zero attached hydrogens (tertiary/aromatic N) is 3. The maximum Gasteiger partial charge on any atom is 0.0692 e. The Hall–Kier alpha value is -2.17. The summed E-state index contributed by atoms with van der Waals surface area (Å²) in [7, 11) is 0. The van der Waals surface area contributed by atoms with Gasteiger partial charge < -0.3 is 0 Å². The third-order valence-electron chi connectivity index (χ3n) is 5.55. The molecule has 1 aliphatic rings. The summed E-state index contributed by atoms with van der Waals surface area (Å²) in [6.07, 6.45) is 6.76. The summed E-state index contributed by atoms with van der Waals surface area (Å²) < 4.78 is 0. The molecule has 0 unspecified atom stereocenters. The van der Waals surface area contributed by atoms with Crippen LogP contribution >= 0.6 is 11.6 Å². The van der Waals surface area contributed by atoms with Crippen LogP contribution in [-0.4, -0.2) is 33.2 Å². The summed E-state index contributed by atoms with van der Waals surface area (Å²) in [4.78, 5) is 6.55. The molecule has 5 heteroatoms. The number of benzene rings is 1. The van der Waals surface area contributed by atoms with Crippen molar-refractivity contribution in [3.63, 3.8) is 0 Å². The predicted molar refractivity (Wildman–Crippen MR) is 109 cm³/mol. The van der Waals surface area contributed by atoms with Crippen LogP contribution in [0, 0.1) is 6.92 Å². The van der Waals surface area contributed by atoms with E-state index >= 15 is 0 Å². The molecule has 3 aromatic rings. The fourth-order valence-corrected chi connectivity index (χ4v) is 4.15. The largest absolute Gasteiger partial charge is 0.299 e. The SMILES string of the molecule is Cc1[nH]nc(C2CCN(Cc3ccncc3Cl)CC2)c1Cc1ccccc1. The van der Waals surface area contributed by atoms with Gasteiger partial charge in [0.15, 0.2) is 0 Å². The summed E-state index contributed by atoms with van der Waals surface area (Å²) in [5.41, 5.74) is 6.33. The number of nitrogens with one attached hydrogen (secondary N) is 1. The maximum atomic E-state index is 6.27. The lowest BCUT2D eigenvalue weighted by Gasteiger charge is -2.31. The quantitative estimate of drug-likeness (QED) is 0.695. The van der Waals surface area contributed by atoms with Crippen molar-refractivity contribution in [3.05, 3.63) is 81.9 Å². The standard InChI is InChI=1S/C22H25ClN4/c1-16-20(13-17-5-3-2-4-6-17)22(26-25-16)18-8-11-27(12-9-18)15-19-7-10-24-14-21(19)23/h2-7,10,14,18H,8-9,11-13,15H2,1H3,(H,25,26). The van der Waals surface area contributed by atoms with E-state index in [2.05, 4.69) is 57.3 Å². The predicted octanol–water partition coefficient (Wildman–Crippen LogP) is 4.74. The maximum absolute atomic E-state index is 6.27. The molecule has 1 aliphatic heterocycles. The second kappa shape index (κ2) is 8.24. The van der Waals surface area contributed by atoms with Crippen LogP contribution in [0.1, 0.15) is 46.8 Å². The van der Waals surface area contributed by atoms with Crippen LogP contribution in [0.2, 0.25) is 5.02 Å². The molecule has 0 spiro atoms. The Morgan fingerprint density at radius 3 is 2.67 bits per heavy atom. The number of aryl methyl sites for hydroxylation is 1. The zero-order valence-corrected chi connectivity index (χ0v) is 16.4. The molecule has 0 atom stereocenters. The summed E-state index contributed by atoms with van der Waals surface area (Å²) >= 11 is 6.27. The van der Waals surface area contributed by atoms with Gasteiger partial charge in [-0.3, -0.25) is 15.0 Å². The average Bonchev–Trinajstić information content (AvgIpc) is 3.06. The molecule has 27 heavy (non-hydrogen) atoms. The molecule has 0 bridgehead atoms. The molecular weight excluding hydrogens is 356 g/mol. The fourth-order valence-electron chi connectivity index (χ4n) is 3.97. The first-order valence-electron chi connectivity index (χ1n) is 9.59. The number of likely N-dealkylation sites (tertiary alicyclic amines) is 1. The minimum atomic E-state index is 0.526. The van der Waals surface area contributed by atoms with E-state index in [1.165, 1.54) is 22.5 Å². The third-order valence-corrected chi connectivity index (χ3v) is 5.89. The zero-order chi connectivity index (χ0) is 18.6. The van der Waals surface area contributed by atoms with Crippen LogP contribution in [0.3, 0.4) is 0 Å². The van der Waals surface area contributed by atoms with Gasteiger partial charge in [0.2, 0.25) is 0 Å². The lowest BCUT2D eigenvalue weighted by atomic mass is 9.88. The lowest BCUT2D eigenvalue weighted by molar-refractivity contribution is 0.203. The smallest absolute Gasteiger partial charge is 0.0692 e. The van der Waals surface area contributed by atoms with E-state index in [-0.39, 0.29) is 0 Å². The molecular formula is C22H25ClN4. The molecule has 4 nitrogen and oxygen atoms in total. The number of piperidine rings is 1. The van der Waals surface area contributed by atoms with E-state index in [1.54, 1.807) is 6.20 Å². The van der Waals surface area contributed by atoms with Crippen LogP contribution in [0.5, 0.6) is 0 Å². The minimum Gasteiger partial charge on any atom is -0.299 e. The molecule has 0 amide bonds. The molecule has 1 fully saturated rings. The Morgan fingerprint density at radius 2 is 1.93 bits per heavy atom. The van der Waals surface area contributed by atoms with Gasteiger partial charge in [0.05, 0.1) is 10.7 Å². The van der Waals surface area contributed by atoms with Gasteiger partial charge >= 0.3 is 0 Å². The van der Waals surface area contributed by atoms with Crippen molar-refractivity contribution in [3.8, 4) is 0 Å². The number of hydrogen-bond acceptors (Lipinski definition) is 3. The van der Waals surface area contributed by atoms with Gasteiger partial charge in [0, 0.05) is 42.5 Å². The Bertz CT molecular complexity index is 882. The van der Waals surface area contributed by atoms with Gasteiger partial charge in [-0.2, -0.15) is 5.10 Å². The topological polar surface area (TPSA) is 44.8 Å². The van der Waals surface area contributed by atoms with Crippen LogP contribution in [0.25, 0.3) is 0 Å². The Balaban J connectivity index is 1.42. The highest BCUT2D eigenvalue weighted by Crippen LogP contribution is 2.32. The van der Waals surface area contributed by atoms with Crippen LogP contribution in [0.4, 0.5) is 0 Å². The van der Waals surface area contributed by atoms with E-state index in [0.717, 1.165) is 49.5 Å². The number of H-pyrrole nitrogens is 1. The normalized spacial score (nSPS) is 15.9. The van der Waals surface area contributed by atoms with Gasteiger partial charge in [0.25, 0.3) is 0 Å². The van der Waals surface area contributed by atoms with E-state index in [9.17, 15) is 0 Å². The van der Waals surface area contributed by atoms with Crippen molar-refractivity contribution < 1.29 is 0 Å². The first-order valence-corrected chi connectivity index (χ1v) is 9.97. The Labute approximate surface area is 165 Å². The summed E-state index contributed by atoms with van der Waals surface area (Å²) in [6.45, 7) is 5.17. The second-order valence-electron chi connectivity index (χ2n) is 7.39. The molecule has 2 aromatic heterocycles. The van der Waals surface area contributed by atoms with E-state index in [0.29, 0.717) is 5.92 Å². The van der Waals surface area contributed by atoms with E-state index in [4.69, 9.17) is 11.6 Å². The molecule has 1 saturated heterocycles. The molecule has 140 valence electrons. The number of rotatable bonds is 5. The Kier molecular flexibility index (Phi) is 5.55. The van der Waals surface area contributed by atoms with E-state index in [1.807, 2.05) is 12.3 Å². The molecule has 1 N–H and O–H groups in total. The molecule has 4 rings (SSSR count). The van der Waals surface area contributed by atoms with Crippen molar-refractivity contribution in [2.75, 3.05) is 13.1 Å². The molecule has 0 radical (unpaired) electrons. The van der Waals surface area contributed by atoms with Crippen molar-refractivity contribution in [1.82, 2.24) is 20.1 Å². The minimum absolute atomic E-state index is 0.526. The van der Waals surface area contributed by atoms with Gasteiger partial charge in [-0.05, 0) is 50.0 Å². The summed E-state index contributed by atoms with van der Waals surface area (Å²) in [6, 6.07) is 12.7. The number of aromatic amines is 1. The van der Waals surface area contributed by atoms with Gasteiger partial charge in [0.1, 0.15) is 0 Å². The number of pyridine rings is 1. The summed E-state index contributed by atoms with van der Waals surface area (Å²) in [5, 5.41) is 8.67. The first kappa shape index (κ1) is 18.2. The molecule has 0 saturated carbocycles. The van der Waals surface area contributed by atoms with Crippen molar-refractivity contribution in [2.24, 2.45) is 0 Å². The van der Waals surface area contributed by atoms with Crippen molar-refractivity contribution in [1.29, 1.82) is 0 Å². The van der Waals surface area contributed by atoms with Crippen molar-refractivity contribution >= 4 is 11.6 Å². The highest BCUT2D eigenvalue weighted by atomic mass is 35.5. The number of aromatic nitrogens is 3. The molecule has 0 aliphatic carbocycles. The number of halogens is 1. The van der Waals surface area contributed by atoms with Crippen LogP contribution in [-0.2, 0) is 13.0 Å². The Morgan fingerprint density at radius 1 is 1.15 bits per heavy atom. The van der Waals surface area contributed by atoms with Gasteiger partial charge in [-0.1, -0.05) is 41.9 Å². The number of hydrogen-bond donors (Lipinski definition) is 1. The monoisotopic (exact) mass is 380 g/mol. The highest BCUT2D eigenvalue weighted by molar-refractivity contribution is 6.31. The molecule has 1 aromatic carbocycles. The van der Waals surface area contributed by atoms with Crippen LogP contribution in [0.15, 0.2) is 48.8 Å². The van der Waals surface area contributed by atoms with Crippen LogP contribution < -0.4 is 0 Å². The van der Waals surface area contributed by atoms with Gasteiger partial charge in [-0.25, -0.2) is 0 Å². The summed E-state index contributed by atoms with van der Waals surface area (Å²) in [5.74, 6) is 0.526. The third kappa shape index (κ3) is 4.23. The van der Waals surface area contributed by atoms with Gasteiger partial charge in [-0.15, -0.1) is 0 Å².